The molecule has 2 nitrogen and oxygen atoms in total. The molecule has 3 atom stereocenters. The highest BCUT2D eigenvalue weighted by Crippen LogP contribution is 2.40. The van der Waals surface area contributed by atoms with E-state index < -0.39 is 11.7 Å². The van der Waals surface area contributed by atoms with E-state index in [1.54, 1.807) is 7.11 Å². The summed E-state index contributed by atoms with van der Waals surface area (Å²) in [5, 5.41) is 9.66. The Balaban J connectivity index is 2.85. The molecule has 0 aromatic carbocycles. The normalized spacial score (nSPS) is 35.3. The molecule has 0 aromatic rings. The first-order chi connectivity index (χ1) is 6.20. The van der Waals surface area contributed by atoms with E-state index in [9.17, 15) is 5.11 Å². The second-order valence-corrected chi connectivity index (χ2v) is 3.46. The van der Waals surface area contributed by atoms with Gasteiger partial charge in [-0.25, -0.2) is 0 Å². The lowest BCUT2D eigenvalue weighted by Crippen LogP contribution is -2.39. The number of methoxy groups -OCH3 is 1. The zero-order valence-corrected chi connectivity index (χ0v) is 7.99. The largest absolute Gasteiger partial charge is 0.389 e. The SMILES string of the molecule is C#C[C@@]1(OC)CCC[C@H]1[C@@H](O)C=C. The molecule has 0 heterocycles. The molecule has 0 saturated heterocycles. The fourth-order valence-corrected chi connectivity index (χ4v) is 2.11. The summed E-state index contributed by atoms with van der Waals surface area (Å²) in [5.74, 6) is 2.66. The van der Waals surface area contributed by atoms with Gasteiger partial charge in [0.05, 0.1) is 6.10 Å². The highest BCUT2D eigenvalue weighted by atomic mass is 16.5. The van der Waals surface area contributed by atoms with Gasteiger partial charge < -0.3 is 9.84 Å². The molecule has 0 amide bonds. The lowest BCUT2D eigenvalue weighted by atomic mass is 9.87. The molecule has 0 spiro atoms. The number of hydrogen-bond donors (Lipinski definition) is 1. The number of aliphatic hydroxyl groups excluding tert-OH is 1. The van der Waals surface area contributed by atoms with Crippen molar-refractivity contribution in [2.75, 3.05) is 7.11 Å². The molecular weight excluding hydrogens is 164 g/mol. The van der Waals surface area contributed by atoms with Crippen LogP contribution in [0.3, 0.4) is 0 Å². The molecule has 0 bridgehead atoms. The van der Waals surface area contributed by atoms with Gasteiger partial charge in [0.25, 0.3) is 0 Å². The monoisotopic (exact) mass is 180 g/mol. The molecule has 0 aromatic heterocycles. The molecule has 0 unspecified atom stereocenters. The maximum Gasteiger partial charge on any atom is 0.133 e. The van der Waals surface area contributed by atoms with E-state index in [0.29, 0.717) is 0 Å². The molecular formula is C11H16O2. The minimum atomic E-state index is -0.576. The summed E-state index contributed by atoms with van der Waals surface area (Å²) in [7, 11) is 1.61. The van der Waals surface area contributed by atoms with Crippen molar-refractivity contribution in [1.82, 2.24) is 0 Å². The van der Waals surface area contributed by atoms with Crippen LogP contribution in [0.25, 0.3) is 0 Å². The van der Waals surface area contributed by atoms with Gasteiger partial charge in [0, 0.05) is 13.0 Å². The van der Waals surface area contributed by atoms with E-state index in [1.165, 1.54) is 6.08 Å². The van der Waals surface area contributed by atoms with Crippen LogP contribution in [0.2, 0.25) is 0 Å². The van der Waals surface area contributed by atoms with Gasteiger partial charge in [-0.15, -0.1) is 13.0 Å². The van der Waals surface area contributed by atoms with Crippen molar-refractivity contribution in [3.05, 3.63) is 12.7 Å². The van der Waals surface area contributed by atoms with Gasteiger partial charge in [0.15, 0.2) is 0 Å². The quantitative estimate of drug-likeness (QED) is 0.525. The second kappa shape index (κ2) is 3.95. The van der Waals surface area contributed by atoms with Crippen LogP contribution in [0.15, 0.2) is 12.7 Å². The van der Waals surface area contributed by atoms with Crippen molar-refractivity contribution in [2.45, 2.75) is 31.0 Å². The molecule has 72 valence electrons. The van der Waals surface area contributed by atoms with Crippen molar-refractivity contribution < 1.29 is 9.84 Å². The van der Waals surface area contributed by atoms with Crippen molar-refractivity contribution >= 4 is 0 Å². The first-order valence-electron chi connectivity index (χ1n) is 4.53. The van der Waals surface area contributed by atoms with Gasteiger partial charge in [-0.05, 0) is 19.3 Å². The molecule has 1 fully saturated rings. The third kappa shape index (κ3) is 1.63. The van der Waals surface area contributed by atoms with Crippen molar-refractivity contribution in [3.63, 3.8) is 0 Å². The van der Waals surface area contributed by atoms with E-state index in [2.05, 4.69) is 12.5 Å². The fourth-order valence-electron chi connectivity index (χ4n) is 2.11. The summed E-state index contributed by atoms with van der Waals surface area (Å²) in [6.07, 6.45) is 9.16. The number of ether oxygens (including phenoxy) is 1. The van der Waals surface area contributed by atoms with Crippen LogP contribution in [0.1, 0.15) is 19.3 Å². The summed E-state index contributed by atoms with van der Waals surface area (Å²) in [4.78, 5) is 0. The van der Waals surface area contributed by atoms with Gasteiger partial charge in [0.1, 0.15) is 5.60 Å². The summed E-state index contributed by atoms with van der Waals surface area (Å²) in [6.45, 7) is 3.57. The minimum absolute atomic E-state index is 0.000000000000000444. The lowest BCUT2D eigenvalue weighted by molar-refractivity contribution is -0.0276. The molecule has 1 rings (SSSR count). The summed E-state index contributed by atoms with van der Waals surface area (Å²) < 4.78 is 5.34. The molecule has 13 heavy (non-hydrogen) atoms. The molecule has 1 aliphatic carbocycles. The van der Waals surface area contributed by atoms with Crippen LogP contribution in [-0.4, -0.2) is 23.9 Å². The van der Waals surface area contributed by atoms with Gasteiger partial charge in [-0.1, -0.05) is 12.0 Å². The first-order valence-corrected chi connectivity index (χ1v) is 4.53. The molecule has 1 saturated carbocycles. The standard InChI is InChI=1S/C11H16O2/c1-4-10(12)9-7-6-8-11(9,5-2)13-3/h2,4,9-10,12H,1,6-8H2,3H3/t9-,10-,11+/m0/s1. The predicted octanol–water partition coefficient (Wildman–Crippen LogP) is 1.35. The molecule has 2 heteroatoms. The van der Waals surface area contributed by atoms with Crippen LogP contribution >= 0.6 is 0 Å². The number of terminal acetylenes is 1. The van der Waals surface area contributed by atoms with E-state index >= 15 is 0 Å². The predicted molar refractivity (Wildman–Crippen MR) is 52.1 cm³/mol. The Morgan fingerprint density at radius 2 is 2.54 bits per heavy atom. The average molecular weight is 180 g/mol. The van der Waals surface area contributed by atoms with E-state index in [-0.39, 0.29) is 5.92 Å². The Kier molecular flexibility index (Phi) is 3.13. The number of aliphatic hydroxyl groups is 1. The Bertz CT molecular complexity index is 229. The molecule has 1 aliphatic rings. The van der Waals surface area contributed by atoms with Crippen LogP contribution in [0.4, 0.5) is 0 Å². The smallest absolute Gasteiger partial charge is 0.133 e. The van der Waals surface area contributed by atoms with Crippen LogP contribution in [-0.2, 0) is 4.74 Å². The van der Waals surface area contributed by atoms with Crippen LogP contribution < -0.4 is 0 Å². The zero-order valence-electron chi connectivity index (χ0n) is 7.99. The van der Waals surface area contributed by atoms with Gasteiger partial charge in [-0.3, -0.25) is 0 Å². The first kappa shape index (κ1) is 10.3. The highest BCUT2D eigenvalue weighted by molar-refractivity contribution is 5.17. The third-order valence-corrected chi connectivity index (χ3v) is 2.92. The topological polar surface area (TPSA) is 29.5 Å². The van der Waals surface area contributed by atoms with Gasteiger partial charge in [-0.2, -0.15) is 0 Å². The number of hydrogen-bond acceptors (Lipinski definition) is 2. The lowest BCUT2D eigenvalue weighted by Gasteiger charge is -2.30. The number of rotatable bonds is 3. The summed E-state index contributed by atoms with van der Waals surface area (Å²) in [6, 6.07) is 0. The van der Waals surface area contributed by atoms with E-state index in [1.807, 2.05) is 0 Å². The molecule has 1 N–H and O–H groups in total. The zero-order chi connectivity index (χ0) is 9.90. The Hall–Kier alpha value is -0.780. The summed E-state index contributed by atoms with van der Waals surface area (Å²) >= 11 is 0. The minimum Gasteiger partial charge on any atom is -0.389 e. The molecule has 0 aliphatic heterocycles. The van der Waals surface area contributed by atoms with E-state index in [0.717, 1.165) is 19.3 Å². The fraction of sp³-hybridized carbons (Fsp3) is 0.636. The third-order valence-electron chi connectivity index (χ3n) is 2.92. The Labute approximate surface area is 79.6 Å². The molecule has 0 radical (unpaired) electrons. The van der Waals surface area contributed by atoms with E-state index in [4.69, 9.17) is 11.2 Å². The maximum absolute atomic E-state index is 9.66. The highest BCUT2D eigenvalue weighted by Gasteiger charge is 2.44. The Morgan fingerprint density at radius 1 is 1.85 bits per heavy atom. The summed E-state index contributed by atoms with van der Waals surface area (Å²) in [5.41, 5.74) is -0.576. The van der Waals surface area contributed by atoms with Crippen molar-refractivity contribution in [2.24, 2.45) is 5.92 Å². The second-order valence-electron chi connectivity index (χ2n) is 3.46. The van der Waals surface area contributed by atoms with Crippen LogP contribution in [0, 0.1) is 18.3 Å². The Morgan fingerprint density at radius 3 is 3.00 bits per heavy atom. The van der Waals surface area contributed by atoms with Crippen LogP contribution in [0.5, 0.6) is 0 Å². The van der Waals surface area contributed by atoms with Gasteiger partial charge >= 0.3 is 0 Å². The maximum atomic E-state index is 9.66. The van der Waals surface area contributed by atoms with Crippen molar-refractivity contribution in [1.29, 1.82) is 0 Å². The van der Waals surface area contributed by atoms with Gasteiger partial charge in [0.2, 0.25) is 0 Å². The average Bonchev–Trinajstić information content (AvgIpc) is 2.60. The van der Waals surface area contributed by atoms with Crippen molar-refractivity contribution in [3.8, 4) is 12.3 Å².